The van der Waals surface area contributed by atoms with E-state index in [1.807, 2.05) is 16.8 Å². The van der Waals surface area contributed by atoms with E-state index < -0.39 is 10.0 Å². The van der Waals surface area contributed by atoms with Crippen LogP contribution in [-0.4, -0.2) is 27.5 Å². The summed E-state index contributed by atoms with van der Waals surface area (Å²) in [7, 11) is -3.72. The second kappa shape index (κ2) is 8.12. The van der Waals surface area contributed by atoms with Crippen molar-refractivity contribution >= 4 is 38.3 Å². The normalized spacial score (nSPS) is 12.0. The van der Waals surface area contributed by atoms with Gasteiger partial charge in [-0.2, -0.15) is 0 Å². The average molecular weight is 444 g/mol. The molecule has 0 aliphatic heterocycles. The highest BCUT2D eigenvalue weighted by Crippen LogP contribution is 2.24. The van der Waals surface area contributed by atoms with Crippen molar-refractivity contribution < 1.29 is 8.42 Å². The smallest absolute Gasteiger partial charge is 0.261 e. The standard InChI is InChI=1S/C21H22ClN5O2S/c1-15(2)12-27-20-8-5-17(25-30(28,29)18-6-3-16(22)4-7-18)11-19(20)24-21(27)13-26-10-9-23-14-26/h3-11,14-15,25H,12-13H2,1-2H3. The Bertz CT molecular complexity index is 1260. The Kier molecular flexibility index (Phi) is 5.53. The molecule has 9 heteroatoms. The van der Waals surface area contributed by atoms with Crippen LogP contribution in [0.3, 0.4) is 0 Å². The van der Waals surface area contributed by atoms with Gasteiger partial charge in [-0.3, -0.25) is 4.72 Å². The first kappa shape index (κ1) is 20.4. The highest BCUT2D eigenvalue weighted by molar-refractivity contribution is 7.92. The third-order valence-electron chi connectivity index (χ3n) is 4.63. The van der Waals surface area contributed by atoms with Crippen LogP contribution in [0.25, 0.3) is 11.0 Å². The molecule has 0 spiro atoms. The number of rotatable bonds is 7. The molecule has 0 bridgehead atoms. The Hall–Kier alpha value is -2.84. The van der Waals surface area contributed by atoms with Crippen LogP contribution >= 0.6 is 11.6 Å². The molecule has 0 unspecified atom stereocenters. The van der Waals surface area contributed by atoms with Gasteiger partial charge in [0.2, 0.25) is 0 Å². The molecule has 0 aliphatic carbocycles. The van der Waals surface area contributed by atoms with Gasteiger partial charge < -0.3 is 9.13 Å². The Balaban J connectivity index is 1.69. The zero-order chi connectivity index (χ0) is 21.3. The molecule has 2 aromatic heterocycles. The lowest BCUT2D eigenvalue weighted by Gasteiger charge is -2.12. The number of aromatic nitrogens is 4. The summed E-state index contributed by atoms with van der Waals surface area (Å²) in [5.74, 6) is 1.33. The van der Waals surface area contributed by atoms with Crippen LogP contribution in [0, 0.1) is 5.92 Å². The fourth-order valence-corrected chi connectivity index (χ4v) is 4.48. The number of nitrogens with zero attached hydrogens (tertiary/aromatic N) is 4. The van der Waals surface area contributed by atoms with E-state index >= 15 is 0 Å². The van der Waals surface area contributed by atoms with E-state index in [1.165, 1.54) is 12.1 Å². The van der Waals surface area contributed by atoms with Crippen LogP contribution in [0.15, 0.2) is 66.1 Å². The molecule has 0 aliphatic rings. The van der Waals surface area contributed by atoms with Crippen LogP contribution < -0.4 is 4.72 Å². The summed E-state index contributed by atoms with van der Waals surface area (Å²) in [6.07, 6.45) is 5.38. The molecule has 4 rings (SSSR count). The van der Waals surface area contributed by atoms with Gasteiger partial charge in [-0.15, -0.1) is 0 Å². The molecule has 0 amide bonds. The monoisotopic (exact) mass is 443 g/mol. The van der Waals surface area contributed by atoms with E-state index in [4.69, 9.17) is 16.6 Å². The average Bonchev–Trinajstić information content (AvgIpc) is 3.30. The summed E-state index contributed by atoms with van der Waals surface area (Å²) in [6, 6.07) is 11.5. The Morgan fingerprint density at radius 2 is 1.90 bits per heavy atom. The number of benzene rings is 2. The lowest BCUT2D eigenvalue weighted by Crippen LogP contribution is -2.13. The molecule has 0 saturated carbocycles. The summed E-state index contributed by atoms with van der Waals surface area (Å²) in [5.41, 5.74) is 2.16. The van der Waals surface area contributed by atoms with E-state index in [1.54, 1.807) is 36.8 Å². The highest BCUT2D eigenvalue weighted by atomic mass is 35.5. The minimum Gasteiger partial charge on any atom is -0.330 e. The number of sulfonamides is 1. The fraction of sp³-hybridized carbons (Fsp3) is 0.238. The molecule has 2 aromatic carbocycles. The van der Waals surface area contributed by atoms with Crippen molar-refractivity contribution in [1.82, 2.24) is 19.1 Å². The number of anilines is 1. The number of halogens is 1. The number of hydrogen-bond acceptors (Lipinski definition) is 4. The topological polar surface area (TPSA) is 81.8 Å². The zero-order valence-electron chi connectivity index (χ0n) is 16.7. The Labute approximate surface area is 180 Å². The predicted octanol–water partition coefficient (Wildman–Crippen LogP) is 4.39. The van der Waals surface area contributed by atoms with Crippen molar-refractivity contribution in [3.63, 3.8) is 0 Å². The molecular weight excluding hydrogens is 422 g/mol. The largest absolute Gasteiger partial charge is 0.330 e. The first-order valence-electron chi connectivity index (χ1n) is 9.55. The fourth-order valence-electron chi connectivity index (χ4n) is 3.30. The van der Waals surface area contributed by atoms with Gasteiger partial charge in [-0.1, -0.05) is 25.4 Å². The lowest BCUT2D eigenvalue weighted by molar-refractivity contribution is 0.510. The lowest BCUT2D eigenvalue weighted by atomic mass is 10.2. The van der Waals surface area contributed by atoms with Gasteiger partial charge in [0.25, 0.3) is 10.0 Å². The molecule has 156 valence electrons. The molecule has 7 nitrogen and oxygen atoms in total. The third kappa shape index (κ3) is 4.34. The van der Waals surface area contributed by atoms with E-state index in [0.29, 0.717) is 23.2 Å². The van der Waals surface area contributed by atoms with Crippen LogP contribution in [0.5, 0.6) is 0 Å². The van der Waals surface area contributed by atoms with Gasteiger partial charge in [0.1, 0.15) is 5.82 Å². The van der Waals surface area contributed by atoms with Gasteiger partial charge in [0.15, 0.2) is 0 Å². The third-order valence-corrected chi connectivity index (χ3v) is 6.28. The Morgan fingerprint density at radius 3 is 2.57 bits per heavy atom. The second-order valence-corrected chi connectivity index (χ2v) is 9.65. The molecule has 0 saturated heterocycles. The molecule has 30 heavy (non-hydrogen) atoms. The van der Waals surface area contributed by atoms with Gasteiger partial charge in [0.05, 0.1) is 34.5 Å². The first-order chi connectivity index (χ1) is 14.3. The summed E-state index contributed by atoms with van der Waals surface area (Å²) >= 11 is 5.86. The van der Waals surface area contributed by atoms with Crippen LogP contribution in [0.1, 0.15) is 19.7 Å². The molecule has 2 heterocycles. The van der Waals surface area contributed by atoms with Crippen molar-refractivity contribution in [3.05, 3.63) is 72.0 Å². The maximum absolute atomic E-state index is 12.7. The quantitative estimate of drug-likeness (QED) is 0.459. The minimum atomic E-state index is -3.72. The van der Waals surface area contributed by atoms with Crippen molar-refractivity contribution in [2.24, 2.45) is 5.92 Å². The van der Waals surface area contributed by atoms with Gasteiger partial charge in [0, 0.05) is 24.0 Å². The van der Waals surface area contributed by atoms with Crippen LogP contribution in [0.4, 0.5) is 5.69 Å². The molecule has 0 radical (unpaired) electrons. The van der Waals surface area contributed by atoms with E-state index in [2.05, 4.69) is 28.1 Å². The maximum Gasteiger partial charge on any atom is 0.261 e. The van der Waals surface area contributed by atoms with Crippen LogP contribution in [0.2, 0.25) is 5.02 Å². The number of imidazole rings is 2. The summed E-state index contributed by atoms with van der Waals surface area (Å²) < 4.78 is 32.1. The maximum atomic E-state index is 12.7. The minimum absolute atomic E-state index is 0.151. The molecule has 1 N–H and O–H groups in total. The van der Waals surface area contributed by atoms with Gasteiger partial charge in [-0.25, -0.2) is 18.4 Å². The highest BCUT2D eigenvalue weighted by Gasteiger charge is 2.17. The van der Waals surface area contributed by atoms with Crippen LogP contribution in [-0.2, 0) is 23.1 Å². The summed E-state index contributed by atoms with van der Waals surface area (Å²) in [5, 5.41) is 0.483. The first-order valence-corrected chi connectivity index (χ1v) is 11.4. The van der Waals surface area contributed by atoms with Gasteiger partial charge in [-0.05, 0) is 48.4 Å². The number of hydrogen-bond donors (Lipinski definition) is 1. The van der Waals surface area contributed by atoms with Crippen molar-refractivity contribution in [2.45, 2.75) is 31.8 Å². The number of fused-ring (bicyclic) bond motifs is 1. The molecule has 0 fully saturated rings. The van der Waals surface area contributed by atoms with Crippen molar-refractivity contribution in [1.29, 1.82) is 0 Å². The molecule has 0 atom stereocenters. The second-order valence-electron chi connectivity index (χ2n) is 7.53. The SMILES string of the molecule is CC(C)Cn1c(Cn2ccnc2)nc2cc(NS(=O)(=O)c3ccc(Cl)cc3)ccc21. The predicted molar refractivity (Wildman–Crippen MR) is 118 cm³/mol. The van der Waals surface area contributed by atoms with E-state index in [-0.39, 0.29) is 4.90 Å². The summed E-state index contributed by atoms with van der Waals surface area (Å²) in [6.45, 7) is 5.71. The summed E-state index contributed by atoms with van der Waals surface area (Å²) in [4.78, 5) is 9.02. The van der Waals surface area contributed by atoms with Crippen molar-refractivity contribution in [2.75, 3.05) is 4.72 Å². The molecule has 4 aromatic rings. The van der Waals surface area contributed by atoms with Gasteiger partial charge >= 0.3 is 0 Å². The Morgan fingerprint density at radius 1 is 1.13 bits per heavy atom. The van der Waals surface area contributed by atoms with E-state index in [9.17, 15) is 8.42 Å². The zero-order valence-corrected chi connectivity index (χ0v) is 18.2. The van der Waals surface area contributed by atoms with E-state index in [0.717, 1.165) is 23.4 Å². The molecular formula is C21H22ClN5O2S. The van der Waals surface area contributed by atoms with Crippen molar-refractivity contribution in [3.8, 4) is 0 Å². The number of nitrogens with one attached hydrogen (secondary N) is 1.